The highest BCUT2D eigenvalue weighted by atomic mass is 19.1. The molecule has 0 aliphatic heterocycles. The Kier molecular flexibility index (Phi) is 5.59. The fourth-order valence-corrected chi connectivity index (χ4v) is 3.65. The van der Waals surface area contributed by atoms with Gasteiger partial charge in [-0.2, -0.15) is 0 Å². The molecule has 5 aromatic rings. The summed E-state index contributed by atoms with van der Waals surface area (Å²) in [7, 11) is 0. The van der Waals surface area contributed by atoms with Crippen LogP contribution in [0.4, 0.5) is 4.39 Å². The molecule has 0 radical (unpaired) electrons. The second-order valence-corrected chi connectivity index (χ2v) is 7.53. The molecule has 9 heteroatoms. The van der Waals surface area contributed by atoms with Gasteiger partial charge in [-0.1, -0.05) is 0 Å². The molecule has 0 saturated heterocycles. The van der Waals surface area contributed by atoms with Gasteiger partial charge in [0.25, 0.3) is 5.91 Å². The van der Waals surface area contributed by atoms with E-state index in [9.17, 15) is 9.18 Å². The fourth-order valence-electron chi connectivity index (χ4n) is 3.65. The van der Waals surface area contributed by atoms with Crippen molar-refractivity contribution >= 4 is 16.8 Å². The molecule has 3 heterocycles. The van der Waals surface area contributed by atoms with Gasteiger partial charge in [-0.25, -0.2) is 14.4 Å². The van der Waals surface area contributed by atoms with Gasteiger partial charge in [-0.05, 0) is 55.0 Å². The predicted octanol–water partition coefficient (Wildman–Crippen LogP) is 3.71. The van der Waals surface area contributed by atoms with Gasteiger partial charge in [0.2, 0.25) is 0 Å². The molecule has 0 atom stereocenters. The summed E-state index contributed by atoms with van der Waals surface area (Å²) in [6, 6.07) is 13.6. The second-order valence-electron chi connectivity index (χ2n) is 7.53. The van der Waals surface area contributed by atoms with E-state index in [1.807, 2.05) is 22.9 Å². The number of aromatic nitrogens is 6. The SMILES string of the molecule is O=C(NCCCc1nnc[nH]1)c1ccc2c(-n3ccnc3)cc(-c3ccc(F)cc3)nc2c1. The van der Waals surface area contributed by atoms with Crippen LogP contribution < -0.4 is 5.32 Å². The van der Waals surface area contributed by atoms with Crippen molar-refractivity contribution in [1.29, 1.82) is 0 Å². The summed E-state index contributed by atoms with van der Waals surface area (Å²) in [6.45, 7) is 0.515. The van der Waals surface area contributed by atoms with E-state index in [2.05, 4.69) is 25.5 Å². The van der Waals surface area contributed by atoms with E-state index in [1.165, 1.54) is 18.5 Å². The minimum atomic E-state index is -0.309. The molecule has 0 saturated carbocycles. The van der Waals surface area contributed by atoms with Gasteiger partial charge in [0.05, 0.1) is 23.2 Å². The van der Waals surface area contributed by atoms with Crippen LogP contribution >= 0.6 is 0 Å². The molecule has 5 rings (SSSR count). The zero-order valence-electron chi connectivity index (χ0n) is 17.6. The van der Waals surface area contributed by atoms with E-state index in [0.717, 1.165) is 28.9 Å². The number of fused-ring (bicyclic) bond motifs is 1. The molecule has 0 unspecified atom stereocenters. The van der Waals surface area contributed by atoms with Gasteiger partial charge in [0, 0.05) is 41.9 Å². The average Bonchev–Trinajstić information content (AvgIpc) is 3.56. The van der Waals surface area contributed by atoms with Gasteiger partial charge in [-0.15, -0.1) is 10.2 Å². The Hall–Kier alpha value is -4.40. The van der Waals surface area contributed by atoms with Gasteiger partial charge in [-0.3, -0.25) is 4.79 Å². The number of halogens is 1. The number of nitrogens with one attached hydrogen (secondary N) is 2. The third kappa shape index (κ3) is 4.47. The van der Waals surface area contributed by atoms with E-state index < -0.39 is 0 Å². The highest BCUT2D eigenvalue weighted by Gasteiger charge is 2.13. The second kappa shape index (κ2) is 8.99. The van der Waals surface area contributed by atoms with Crippen molar-refractivity contribution in [3.05, 3.63) is 90.8 Å². The summed E-state index contributed by atoms with van der Waals surface area (Å²) < 4.78 is 15.3. The average molecular weight is 441 g/mol. The number of imidazole rings is 1. The maximum atomic E-state index is 13.4. The topological polar surface area (TPSA) is 101 Å². The minimum Gasteiger partial charge on any atom is -0.352 e. The first-order valence-electron chi connectivity index (χ1n) is 10.5. The monoisotopic (exact) mass is 441 g/mol. The normalized spacial score (nSPS) is 11.1. The van der Waals surface area contributed by atoms with Crippen molar-refractivity contribution in [1.82, 2.24) is 35.0 Å². The van der Waals surface area contributed by atoms with Crippen molar-refractivity contribution in [2.24, 2.45) is 0 Å². The number of hydrogen-bond donors (Lipinski definition) is 2. The van der Waals surface area contributed by atoms with Gasteiger partial charge < -0.3 is 14.9 Å². The van der Waals surface area contributed by atoms with Crippen LogP contribution in [0.5, 0.6) is 0 Å². The molecular formula is C24H20FN7O. The first kappa shape index (κ1) is 20.5. The Morgan fingerprint density at radius 3 is 2.76 bits per heavy atom. The molecule has 0 aliphatic carbocycles. The van der Waals surface area contributed by atoms with Crippen LogP contribution in [0.2, 0.25) is 0 Å². The molecule has 8 nitrogen and oxygen atoms in total. The summed E-state index contributed by atoms with van der Waals surface area (Å²) in [5, 5.41) is 11.5. The number of hydrogen-bond acceptors (Lipinski definition) is 5. The number of H-pyrrole nitrogens is 1. The number of nitrogens with zero attached hydrogens (tertiary/aromatic N) is 5. The largest absolute Gasteiger partial charge is 0.352 e. The molecule has 0 spiro atoms. The van der Waals surface area contributed by atoms with Crippen LogP contribution in [-0.2, 0) is 6.42 Å². The highest BCUT2D eigenvalue weighted by molar-refractivity contribution is 6.00. The van der Waals surface area contributed by atoms with Gasteiger partial charge >= 0.3 is 0 Å². The standard InChI is InChI=1S/C24H20FN7O/c25-18-6-3-16(4-7-18)20-13-22(32-11-10-26-15-32)19-8-5-17(12-21(19)30-20)24(33)27-9-1-2-23-28-14-29-31-23/h3-8,10-15H,1-2,9H2,(H,27,33)(H,28,29,31). The zero-order chi connectivity index (χ0) is 22.6. The lowest BCUT2D eigenvalue weighted by Crippen LogP contribution is -2.24. The first-order chi connectivity index (χ1) is 16.2. The lowest BCUT2D eigenvalue weighted by molar-refractivity contribution is 0.0953. The van der Waals surface area contributed by atoms with Crippen molar-refractivity contribution in [2.75, 3.05) is 6.54 Å². The quantitative estimate of drug-likeness (QED) is 0.375. The molecule has 0 fully saturated rings. The van der Waals surface area contributed by atoms with Crippen LogP contribution in [-0.4, -0.2) is 42.2 Å². The molecule has 164 valence electrons. The molecule has 0 bridgehead atoms. The van der Waals surface area contributed by atoms with Crippen molar-refractivity contribution in [3.8, 4) is 16.9 Å². The molecule has 33 heavy (non-hydrogen) atoms. The van der Waals surface area contributed by atoms with E-state index in [-0.39, 0.29) is 11.7 Å². The number of carbonyl (C=O) groups is 1. The van der Waals surface area contributed by atoms with Crippen LogP contribution in [0.1, 0.15) is 22.6 Å². The first-order valence-corrected chi connectivity index (χ1v) is 10.5. The van der Waals surface area contributed by atoms with Crippen molar-refractivity contribution in [2.45, 2.75) is 12.8 Å². The number of carbonyl (C=O) groups excluding carboxylic acids is 1. The lowest BCUT2D eigenvalue weighted by atomic mass is 10.1. The van der Waals surface area contributed by atoms with Crippen LogP contribution in [0.25, 0.3) is 27.8 Å². The van der Waals surface area contributed by atoms with Gasteiger partial charge in [0.15, 0.2) is 0 Å². The number of benzene rings is 2. The van der Waals surface area contributed by atoms with Gasteiger partial charge in [0.1, 0.15) is 18.0 Å². The van der Waals surface area contributed by atoms with E-state index in [4.69, 9.17) is 4.98 Å². The van der Waals surface area contributed by atoms with E-state index >= 15 is 0 Å². The number of aromatic amines is 1. The van der Waals surface area contributed by atoms with Crippen LogP contribution in [0.3, 0.4) is 0 Å². The van der Waals surface area contributed by atoms with Crippen molar-refractivity contribution in [3.63, 3.8) is 0 Å². The Morgan fingerprint density at radius 1 is 1.12 bits per heavy atom. The Balaban J connectivity index is 1.44. The Bertz CT molecular complexity index is 1380. The summed E-state index contributed by atoms with van der Waals surface area (Å²) in [5.41, 5.74) is 3.51. The van der Waals surface area contributed by atoms with Crippen molar-refractivity contribution < 1.29 is 9.18 Å². The molecule has 3 aromatic heterocycles. The maximum absolute atomic E-state index is 13.4. The zero-order valence-corrected chi connectivity index (χ0v) is 17.6. The maximum Gasteiger partial charge on any atom is 0.251 e. The molecule has 0 aliphatic rings. The number of pyridine rings is 1. The Morgan fingerprint density at radius 2 is 2.00 bits per heavy atom. The molecular weight excluding hydrogens is 421 g/mol. The summed E-state index contributed by atoms with van der Waals surface area (Å²) in [4.78, 5) is 24.6. The smallest absolute Gasteiger partial charge is 0.251 e. The molecule has 1 amide bonds. The van der Waals surface area contributed by atoms with E-state index in [1.54, 1.807) is 36.8 Å². The number of aryl methyl sites for hydroxylation is 1. The summed E-state index contributed by atoms with van der Waals surface area (Å²) in [6.07, 6.45) is 8.23. The molecule has 2 N–H and O–H groups in total. The minimum absolute atomic E-state index is 0.173. The summed E-state index contributed by atoms with van der Waals surface area (Å²) in [5.74, 6) is 0.309. The van der Waals surface area contributed by atoms with Crippen LogP contribution in [0, 0.1) is 5.82 Å². The third-order valence-corrected chi connectivity index (χ3v) is 5.32. The lowest BCUT2D eigenvalue weighted by Gasteiger charge is -2.12. The third-order valence-electron chi connectivity index (χ3n) is 5.32. The highest BCUT2D eigenvalue weighted by Crippen LogP contribution is 2.28. The Labute approximate surface area is 188 Å². The number of amides is 1. The molecule has 2 aromatic carbocycles. The number of rotatable bonds is 7. The van der Waals surface area contributed by atoms with E-state index in [0.29, 0.717) is 29.7 Å². The fraction of sp³-hybridized carbons (Fsp3) is 0.125. The predicted molar refractivity (Wildman–Crippen MR) is 121 cm³/mol. The summed E-state index contributed by atoms with van der Waals surface area (Å²) >= 11 is 0. The van der Waals surface area contributed by atoms with Crippen LogP contribution in [0.15, 0.2) is 73.6 Å².